The summed E-state index contributed by atoms with van der Waals surface area (Å²) in [4.78, 5) is 18.8. The molecule has 0 saturated carbocycles. The molecule has 0 bridgehead atoms. The largest absolute Gasteiger partial charge is 0.478 e. The van der Waals surface area contributed by atoms with Gasteiger partial charge in [0.05, 0.1) is 11.5 Å². The third-order valence-corrected chi connectivity index (χ3v) is 2.71. The summed E-state index contributed by atoms with van der Waals surface area (Å²) in [5.74, 6) is 0.860. The molecule has 0 radical (unpaired) electrons. The SMILES string of the molecule is CCCOc1ccnc(NCc2ccccc2[N+](=O)[O-])n1. The van der Waals surface area contributed by atoms with E-state index in [1.807, 2.05) is 6.92 Å². The maximum atomic E-state index is 10.9. The van der Waals surface area contributed by atoms with E-state index in [9.17, 15) is 10.1 Å². The third-order valence-electron chi connectivity index (χ3n) is 2.71. The summed E-state index contributed by atoms with van der Waals surface area (Å²) in [6, 6.07) is 8.23. The first kappa shape index (κ1) is 14.7. The van der Waals surface area contributed by atoms with E-state index in [2.05, 4.69) is 15.3 Å². The fourth-order valence-electron chi connectivity index (χ4n) is 1.73. The second kappa shape index (κ2) is 7.18. The quantitative estimate of drug-likeness (QED) is 0.622. The summed E-state index contributed by atoms with van der Waals surface area (Å²) < 4.78 is 5.41. The first-order valence-corrected chi connectivity index (χ1v) is 6.62. The van der Waals surface area contributed by atoms with Gasteiger partial charge in [-0.15, -0.1) is 0 Å². The van der Waals surface area contributed by atoms with E-state index < -0.39 is 4.92 Å². The topological polar surface area (TPSA) is 90.2 Å². The molecule has 0 aliphatic carbocycles. The molecule has 2 rings (SSSR count). The zero-order valence-corrected chi connectivity index (χ0v) is 11.7. The number of nitro groups is 1. The van der Waals surface area contributed by atoms with Crippen LogP contribution in [0.3, 0.4) is 0 Å². The zero-order chi connectivity index (χ0) is 15.1. The van der Waals surface area contributed by atoms with Gasteiger partial charge in [-0.3, -0.25) is 10.1 Å². The maximum absolute atomic E-state index is 10.9. The molecule has 2 aromatic rings. The predicted molar refractivity (Wildman–Crippen MR) is 78.2 cm³/mol. The molecule has 0 atom stereocenters. The van der Waals surface area contributed by atoms with Crippen molar-refractivity contribution in [1.29, 1.82) is 0 Å². The zero-order valence-electron chi connectivity index (χ0n) is 11.7. The normalized spacial score (nSPS) is 10.1. The maximum Gasteiger partial charge on any atom is 0.274 e. The number of hydrogen-bond acceptors (Lipinski definition) is 6. The Morgan fingerprint density at radius 1 is 1.33 bits per heavy atom. The van der Waals surface area contributed by atoms with Crippen molar-refractivity contribution in [1.82, 2.24) is 9.97 Å². The number of nitro benzene ring substituents is 1. The Balaban J connectivity index is 2.05. The van der Waals surface area contributed by atoms with Crippen LogP contribution in [0.1, 0.15) is 18.9 Å². The van der Waals surface area contributed by atoms with Crippen LogP contribution in [0, 0.1) is 10.1 Å². The first-order valence-electron chi connectivity index (χ1n) is 6.62. The number of rotatable bonds is 7. The molecular weight excluding hydrogens is 272 g/mol. The van der Waals surface area contributed by atoms with Crippen LogP contribution < -0.4 is 10.1 Å². The average molecular weight is 288 g/mol. The van der Waals surface area contributed by atoms with Crippen molar-refractivity contribution in [3.63, 3.8) is 0 Å². The molecule has 1 heterocycles. The van der Waals surface area contributed by atoms with Crippen LogP contribution in [0.5, 0.6) is 5.88 Å². The predicted octanol–water partition coefficient (Wildman–Crippen LogP) is 2.79. The summed E-state index contributed by atoms with van der Waals surface area (Å²) in [5, 5.41) is 13.9. The fraction of sp³-hybridized carbons (Fsp3) is 0.286. The molecule has 1 aromatic heterocycles. The molecule has 21 heavy (non-hydrogen) atoms. The molecule has 1 N–H and O–H groups in total. The van der Waals surface area contributed by atoms with E-state index >= 15 is 0 Å². The molecule has 0 spiro atoms. The smallest absolute Gasteiger partial charge is 0.274 e. The molecule has 0 aliphatic rings. The number of nitrogens with one attached hydrogen (secondary N) is 1. The van der Waals surface area contributed by atoms with E-state index in [1.54, 1.807) is 30.5 Å². The number of anilines is 1. The minimum absolute atomic E-state index is 0.0726. The van der Waals surface area contributed by atoms with Crippen LogP contribution in [0.15, 0.2) is 36.5 Å². The lowest BCUT2D eigenvalue weighted by atomic mass is 10.2. The highest BCUT2D eigenvalue weighted by molar-refractivity contribution is 5.42. The van der Waals surface area contributed by atoms with Gasteiger partial charge in [-0.05, 0) is 6.42 Å². The standard InChI is InChI=1S/C14H16N4O3/c1-2-9-21-13-7-8-15-14(17-13)16-10-11-5-3-4-6-12(11)18(19)20/h3-8H,2,9-10H2,1H3,(H,15,16,17). The Bertz CT molecular complexity index is 619. The molecule has 0 amide bonds. The monoisotopic (exact) mass is 288 g/mol. The minimum atomic E-state index is -0.404. The van der Waals surface area contributed by atoms with Gasteiger partial charge in [0.2, 0.25) is 11.8 Å². The van der Waals surface area contributed by atoms with E-state index in [0.29, 0.717) is 24.0 Å². The number of nitrogens with zero attached hydrogens (tertiary/aromatic N) is 3. The fourth-order valence-corrected chi connectivity index (χ4v) is 1.73. The van der Waals surface area contributed by atoms with Gasteiger partial charge in [0.15, 0.2) is 0 Å². The van der Waals surface area contributed by atoms with Gasteiger partial charge in [0.1, 0.15) is 0 Å². The van der Waals surface area contributed by atoms with Gasteiger partial charge in [-0.1, -0.05) is 25.1 Å². The Morgan fingerprint density at radius 2 is 2.14 bits per heavy atom. The highest BCUT2D eigenvalue weighted by atomic mass is 16.6. The van der Waals surface area contributed by atoms with Gasteiger partial charge in [0, 0.05) is 30.4 Å². The van der Waals surface area contributed by atoms with Crippen LogP contribution in [0.4, 0.5) is 11.6 Å². The molecular formula is C14H16N4O3. The van der Waals surface area contributed by atoms with Crippen LogP contribution in [0.2, 0.25) is 0 Å². The Kier molecular flexibility index (Phi) is 5.03. The lowest BCUT2D eigenvalue weighted by Gasteiger charge is -2.07. The van der Waals surface area contributed by atoms with Crippen molar-refractivity contribution >= 4 is 11.6 Å². The van der Waals surface area contributed by atoms with Crippen molar-refractivity contribution < 1.29 is 9.66 Å². The third kappa shape index (κ3) is 4.13. The van der Waals surface area contributed by atoms with Crippen molar-refractivity contribution in [2.24, 2.45) is 0 Å². The summed E-state index contributed by atoms with van der Waals surface area (Å²) in [5.41, 5.74) is 0.648. The van der Waals surface area contributed by atoms with Gasteiger partial charge >= 0.3 is 0 Å². The summed E-state index contributed by atoms with van der Waals surface area (Å²) in [7, 11) is 0. The van der Waals surface area contributed by atoms with Gasteiger partial charge in [-0.2, -0.15) is 4.98 Å². The lowest BCUT2D eigenvalue weighted by Crippen LogP contribution is -2.07. The van der Waals surface area contributed by atoms with Crippen LogP contribution in [0.25, 0.3) is 0 Å². The van der Waals surface area contributed by atoms with E-state index in [-0.39, 0.29) is 12.2 Å². The highest BCUT2D eigenvalue weighted by Crippen LogP contribution is 2.18. The van der Waals surface area contributed by atoms with Gasteiger partial charge < -0.3 is 10.1 Å². The number of aromatic nitrogens is 2. The number of para-hydroxylation sites is 1. The Labute approximate surface area is 122 Å². The number of ether oxygens (including phenoxy) is 1. The summed E-state index contributed by atoms with van der Waals surface area (Å²) in [6.45, 7) is 2.86. The average Bonchev–Trinajstić information content (AvgIpc) is 2.51. The molecule has 1 aromatic carbocycles. The van der Waals surface area contributed by atoms with E-state index in [0.717, 1.165) is 6.42 Å². The summed E-state index contributed by atoms with van der Waals surface area (Å²) in [6.07, 6.45) is 2.47. The van der Waals surface area contributed by atoms with E-state index in [4.69, 9.17) is 4.74 Å². The Morgan fingerprint density at radius 3 is 2.90 bits per heavy atom. The second-order valence-electron chi connectivity index (χ2n) is 4.31. The molecule has 110 valence electrons. The highest BCUT2D eigenvalue weighted by Gasteiger charge is 2.12. The summed E-state index contributed by atoms with van der Waals surface area (Å²) >= 11 is 0. The molecule has 0 aliphatic heterocycles. The molecule has 0 saturated heterocycles. The van der Waals surface area contributed by atoms with Crippen molar-refractivity contribution in [2.75, 3.05) is 11.9 Å². The second-order valence-corrected chi connectivity index (χ2v) is 4.31. The van der Waals surface area contributed by atoms with Gasteiger partial charge in [-0.25, -0.2) is 4.98 Å². The Hall–Kier alpha value is -2.70. The van der Waals surface area contributed by atoms with Crippen molar-refractivity contribution in [3.8, 4) is 5.88 Å². The molecule has 7 nitrogen and oxygen atoms in total. The van der Waals surface area contributed by atoms with Gasteiger partial charge in [0.25, 0.3) is 5.69 Å². The molecule has 0 fully saturated rings. The van der Waals surface area contributed by atoms with Crippen LogP contribution in [-0.2, 0) is 6.54 Å². The number of benzene rings is 1. The van der Waals surface area contributed by atoms with Crippen LogP contribution in [-0.4, -0.2) is 21.5 Å². The van der Waals surface area contributed by atoms with Crippen molar-refractivity contribution in [3.05, 3.63) is 52.2 Å². The molecule has 0 unspecified atom stereocenters. The van der Waals surface area contributed by atoms with Crippen LogP contribution >= 0.6 is 0 Å². The first-order chi connectivity index (χ1) is 10.2. The minimum Gasteiger partial charge on any atom is -0.478 e. The van der Waals surface area contributed by atoms with Crippen molar-refractivity contribution in [2.45, 2.75) is 19.9 Å². The molecule has 7 heteroatoms. The van der Waals surface area contributed by atoms with E-state index in [1.165, 1.54) is 6.07 Å². The number of hydrogen-bond donors (Lipinski definition) is 1. The lowest BCUT2D eigenvalue weighted by molar-refractivity contribution is -0.385.